The smallest absolute Gasteiger partial charge is 0.250 e. The molecule has 6 nitrogen and oxygen atoms in total. The van der Waals surface area contributed by atoms with Crippen LogP contribution in [0.3, 0.4) is 0 Å². The van der Waals surface area contributed by atoms with Crippen LogP contribution in [-0.2, 0) is 14.8 Å². The van der Waals surface area contributed by atoms with Gasteiger partial charge in [-0.2, -0.15) is 0 Å². The third-order valence-electron chi connectivity index (χ3n) is 1.94. The Kier molecular flexibility index (Phi) is 5.06. The van der Waals surface area contributed by atoms with E-state index >= 15 is 0 Å². The van der Waals surface area contributed by atoms with Crippen molar-refractivity contribution < 1.29 is 13.2 Å². The summed E-state index contributed by atoms with van der Waals surface area (Å²) >= 11 is 1.10. The second-order valence-corrected chi connectivity index (χ2v) is 6.40. The number of carbonyl (C=O) groups is 1. The van der Waals surface area contributed by atoms with E-state index in [0.29, 0.717) is 6.54 Å². The van der Waals surface area contributed by atoms with Gasteiger partial charge in [-0.3, -0.25) is 4.79 Å². The Bertz CT molecular complexity index is 456. The highest BCUT2D eigenvalue weighted by Crippen LogP contribution is 2.14. The summed E-state index contributed by atoms with van der Waals surface area (Å²) in [7, 11) is -3.58. The summed E-state index contributed by atoms with van der Waals surface area (Å²) in [5.74, 6) is -0.400. The molecule has 1 amide bonds. The van der Waals surface area contributed by atoms with Gasteiger partial charge in [0.1, 0.15) is 4.21 Å². The molecule has 1 aromatic rings. The first kappa shape index (κ1) is 14.1. The molecule has 1 heterocycles. The maximum absolute atomic E-state index is 11.6. The van der Waals surface area contributed by atoms with Gasteiger partial charge in [0.15, 0.2) is 0 Å². The number of nitrogens with two attached hydrogens (primary N) is 1. The van der Waals surface area contributed by atoms with Crippen molar-refractivity contribution in [3.8, 4) is 0 Å². The van der Waals surface area contributed by atoms with Gasteiger partial charge in [-0.25, -0.2) is 13.1 Å². The van der Waals surface area contributed by atoms with Crippen molar-refractivity contribution in [2.75, 3.05) is 13.1 Å². The number of nitrogens with one attached hydrogen (secondary N) is 2. The molecule has 0 saturated heterocycles. The second-order valence-electron chi connectivity index (χ2n) is 3.46. The molecular weight excluding hydrogens is 262 g/mol. The molecule has 1 aromatic heterocycles. The van der Waals surface area contributed by atoms with Gasteiger partial charge < -0.3 is 11.1 Å². The van der Waals surface area contributed by atoms with Crippen LogP contribution >= 0.6 is 11.3 Å². The molecular formula is C9H15N3O3S2. The van der Waals surface area contributed by atoms with Gasteiger partial charge in [0.2, 0.25) is 5.91 Å². The molecule has 0 radical (unpaired) electrons. The van der Waals surface area contributed by atoms with Crippen LogP contribution < -0.4 is 15.8 Å². The molecule has 0 aliphatic rings. The summed E-state index contributed by atoms with van der Waals surface area (Å²) in [6.07, 6.45) is 0. The monoisotopic (exact) mass is 277 g/mol. The summed E-state index contributed by atoms with van der Waals surface area (Å²) in [4.78, 5) is 11.3. The topological polar surface area (TPSA) is 101 Å². The lowest BCUT2D eigenvalue weighted by Crippen LogP contribution is -2.43. The summed E-state index contributed by atoms with van der Waals surface area (Å²) in [6.45, 7) is 1.76. The van der Waals surface area contributed by atoms with E-state index in [1.54, 1.807) is 18.4 Å². The lowest BCUT2D eigenvalue weighted by molar-refractivity contribution is -0.120. The van der Waals surface area contributed by atoms with Crippen molar-refractivity contribution in [1.82, 2.24) is 10.0 Å². The van der Waals surface area contributed by atoms with Gasteiger partial charge in [0, 0.05) is 12.6 Å². The first-order valence-electron chi connectivity index (χ1n) is 4.98. The first-order valence-corrected chi connectivity index (χ1v) is 7.34. The zero-order chi connectivity index (χ0) is 12.9. The molecule has 8 heteroatoms. The highest BCUT2D eigenvalue weighted by molar-refractivity contribution is 7.91. The summed E-state index contributed by atoms with van der Waals surface area (Å²) in [6, 6.07) is 2.94. The van der Waals surface area contributed by atoms with Gasteiger partial charge in [0.05, 0.1) is 6.54 Å². The standard InChI is InChI=1S/C9H15N3O3S2/c1-7(5-10)12-8(13)6-11-17(14,15)9-3-2-4-16-9/h2-4,7,11H,5-6,10H2,1H3,(H,12,13)/t7-/m0/s1. The number of hydrogen-bond donors (Lipinski definition) is 3. The van der Waals surface area contributed by atoms with Crippen LogP contribution in [0.15, 0.2) is 21.7 Å². The highest BCUT2D eigenvalue weighted by Gasteiger charge is 2.16. The molecule has 0 unspecified atom stereocenters. The Labute approximate surface area is 104 Å². The normalized spacial score (nSPS) is 13.3. The van der Waals surface area contributed by atoms with Crippen molar-refractivity contribution in [3.05, 3.63) is 17.5 Å². The zero-order valence-corrected chi connectivity index (χ0v) is 11.0. The number of sulfonamides is 1. The highest BCUT2D eigenvalue weighted by atomic mass is 32.2. The van der Waals surface area contributed by atoms with E-state index in [9.17, 15) is 13.2 Å². The van der Waals surface area contributed by atoms with Crippen molar-refractivity contribution in [3.63, 3.8) is 0 Å². The molecule has 0 spiro atoms. The predicted octanol–water partition coefficient (Wildman–Crippen LogP) is -0.510. The van der Waals surface area contributed by atoms with Crippen LogP contribution in [0.4, 0.5) is 0 Å². The number of hydrogen-bond acceptors (Lipinski definition) is 5. The molecule has 17 heavy (non-hydrogen) atoms. The Morgan fingerprint density at radius 1 is 1.59 bits per heavy atom. The van der Waals surface area contributed by atoms with E-state index in [4.69, 9.17) is 5.73 Å². The molecule has 0 aliphatic carbocycles. The summed E-state index contributed by atoms with van der Waals surface area (Å²) in [5.41, 5.74) is 5.33. The van der Waals surface area contributed by atoms with Gasteiger partial charge in [-0.05, 0) is 18.4 Å². The van der Waals surface area contributed by atoms with E-state index in [1.807, 2.05) is 0 Å². The predicted molar refractivity (Wildman–Crippen MR) is 66.2 cm³/mol. The maximum atomic E-state index is 11.6. The van der Waals surface area contributed by atoms with E-state index in [2.05, 4.69) is 10.0 Å². The van der Waals surface area contributed by atoms with Crippen molar-refractivity contribution in [1.29, 1.82) is 0 Å². The van der Waals surface area contributed by atoms with Crippen molar-refractivity contribution in [2.45, 2.75) is 17.2 Å². The lowest BCUT2D eigenvalue weighted by Gasteiger charge is -2.11. The number of carbonyl (C=O) groups excluding carboxylic acids is 1. The molecule has 0 fully saturated rings. The molecule has 0 saturated carbocycles. The Morgan fingerprint density at radius 2 is 2.29 bits per heavy atom. The van der Waals surface area contributed by atoms with Crippen molar-refractivity contribution in [2.24, 2.45) is 5.73 Å². The molecule has 1 rings (SSSR count). The minimum atomic E-state index is -3.58. The van der Waals surface area contributed by atoms with Crippen LogP contribution in [0.5, 0.6) is 0 Å². The van der Waals surface area contributed by atoms with Gasteiger partial charge in [0.25, 0.3) is 10.0 Å². The van der Waals surface area contributed by atoms with E-state index in [1.165, 1.54) is 6.07 Å². The van der Waals surface area contributed by atoms with Gasteiger partial charge >= 0.3 is 0 Å². The van der Waals surface area contributed by atoms with Gasteiger partial charge in [-0.1, -0.05) is 6.07 Å². The summed E-state index contributed by atoms with van der Waals surface area (Å²) < 4.78 is 25.7. The molecule has 0 aliphatic heterocycles. The van der Waals surface area contributed by atoms with E-state index < -0.39 is 15.9 Å². The van der Waals surface area contributed by atoms with E-state index in [0.717, 1.165) is 11.3 Å². The summed E-state index contributed by atoms with van der Waals surface area (Å²) in [5, 5.41) is 4.22. The molecule has 4 N–H and O–H groups in total. The molecule has 0 aromatic carbocycles. The number of thiophene rings is 1. The molecule has 0 bridgehead atoms. The Morgan fingerprint density at radius 3 is 2.82 bits per heavy atom. The Balaban J connectivity index is 2.49. The average Bonchev–Trinajstić information content (AvgIpc) is 2.80. The van der Waals surface area contributed by atoms with Crippen molar-refractivity contribution >= 4 is 27.3 Å². The third kappa shape index (κ3) is 4.43. The SMILES string of the molecule is C[C@@H](CN)NC(=O)CNS(=O)(=O)c1cccs1. The van der Waals surface area contributed by atoms with Gasteiger partial charge in [-0.15, -0.1) is 11.3 Å². The first-order chi connectivity index (χ1) is 7.95. The molecule has 96 valence electrons. The number of rotatable bonds is 6. The van der Waals surface area contributed by atoms with Crippen LogP contribution in [0.1, 0.15) is 6.92 Å². The third-order valence-corrected chi connectivity index (χ3v) is 4.74. The fourth-order valence-electron chi connectivity index (χ4n) is 1.03. The Hall–Kier alpha value is -0.960. The quantitative estimate of drug-likeness (QED) is 0.652. The fraction of sp³-hybridized carbons (Fsp3) is 0.444. The van der Waals surface area contributed by atoms with Crippen LogP contribution in [0.2, 0.25) is 0 Å². The minimum Gasteiger partial charge on any atom is -0.351 e. The zero-order valence-electron chi connectivity index (χ0n) is 9.34. The number of amides is 1. The molecule has 1 atom stereocenters. The largest absolute Gasteiger partial charge is 0.351 e. The lowest BCUT2D eigenvalue weighted by atomic mass is 10.3. The maximum Gasteiger partial charge on any atom is 0.250 e. The fourth-order valence-corrected chi connectivity index (χ4v) is 3.05. The van der Waals surface area contributed by atoms with E-state index in [-0.39, 0.29) is 16.8 Å². The van der Waals surface area contributed by atoms with Crippen LogP contribution in [0, 0.1) is 0 Å². The minimum absolute atomic E-state index is 0.172. The second kappa shape index (κ2) is 6.10. The van der Waals surface area contributed by atoms with Crippen LogP contribution in [0.25, 0.3) is 0 Å². The average molecular weight is 277 g/mol. The van der Waals surface area contributed by atoms with Crippen LogP contribution in [-0.4, -0.2) is 33.5 Å².